The summed E-state index contributed by atoms with van der Waals surface area (Å²) < 4.78 is 32.6. The van der Waals surface area contributed by atoms with Gasteiger partial charge < -0.3 is 24.6 Å². The third-order valence-corrected chi connectivity index (χ3v) is 9.99. The zero-order valence-corrected chi connectivity index (χ0v) is 37.6. The second kappa shape index (κ2) is 43.2. The molecule has 59 heavy (non-hydrogen) atoms. The van der Waals surface area contributed by atoms with Crippen LogP contribution in [-0.2, 0) is 32.7 Å². The van der Waals surface area contributed by atoms with Crippen molar-refractivity contribution in [3.63, 3.8) is 0 Å². The van der Waals surface area contributed by atoms with Crippen LogP contribution in [-0.4, -0.2) is 65.7 Å². The van der Waals surface area contributed by atoms with E-state index < -0.39 is 51.8 Å². The number of ether oxygens (including phenoxy) is 2. The Hall–Kier alpha value is -2.85. The van der Waals surface area contributed by atoms with Gasteiger partial charge in [0.2, 0.25) is 0 Å². The quantitative estimate of drug-likeness (QED) is 0.0235. The summed E-state index contributed by atoms with van der Waals surface area (Å²) in [6.07, 6.45) is 51.4. The Morgan fingerprint density at radius 1 is 0.508 bits per heavy atom. The molecule has 0 saturated carbocycles. The van der Waals surface area contributed by atoms with Crippen LogP contribution in [0, 0.1) is 0 Å². The Balaban J connectivity index is 4.48. The first-order valence-electron chi connectivity index (χ1n) is 22.5. The number of phosphoric ester groups is 1. The molecule has 0 aliphatic heterocycles. The molecule has 0 rings (SSSR count). The van der Waals surface area contributed by atoms with Gasteiger partial charge in [0.1, 0.15) is 12.7 Å². The third kappa shape index (κ3) is 43.1. The molecule has 0 aromatic carbocycles. The standard InChI is InChI=1S/C48H81O10P/c1-3-5-7-9-11-13-15-17-19-21-22-24-26-28-30-32-34-36-38-40-48(52)58-46(44-57-59(53,54)56-42-45(50)41-49)43-55-47(51)39-37-35-33-31-29-27-25-23-20-18-16-14-12-10-8-6-4-2/h11,13,17,19,22,24-25,27-28,30-31,33-34,36,45-46,49-50H,3-10,12,14-16,18,20-21,23,26,29,32,35,37-44H2,1-2H3,(H,53,54)/b13-11+,19-17+,24-22+,27-25+,30-28+,33-31+,36-34+/t45-,46+/m0/s1. The Kier molecular flexibility index (Phi) is 41.2. The summed E-state index contributed by atoms with van der Waals surface area (Å²) in [5, 5.41) is 18.3. The molecule has 0 spiro atoms. The molecule has 0 aromatic rings. The van der Waals surface area contributed by atoms with E-state index in [1.165, 1.54) is 83.5 Å². The minimum Gasteiger partial charge on any atom is -0.462 e. The summed E-state index contributed by atoms with van der Waals surface area (Å²) >= 11 is 0. The van der Waals surface area contributed by atoms with Crippen molar-refractivity contribution in [1.82, 2.24) is 0 Å². The number of aliphatic hydroxyl groups excluding tert-OH is 2. The first kappa shape index (κ1) is 56.1. The van der Waals surface area contributed by atoms with Crippen LogP contribution in [0.1, 0.15) is 168 Å². The van der Waals surface area contributed by atoms with Crippen LogP contribution in [0.25, 0.3) is 0 Å². The van der Waals surface area contributed by atoms with Crippen molar-refractivity contribution in [3.8, 4) is 0 Å². The van der Waals surface area contributed by atoms with Crippen molar-refractivity contribution < 1.29 is 47.8 Å². The highest BCUT2D eigenvalue weighted by molar-refractivity contribution is 7.47. The number of carbonyl (C=O) groups excluding carboxylic acids is 2. The number of phosphoric acid groups is 1. The summed E-state index contributed by atoms with van der Waals surface area (Å²) in [7, 11) is -4.65. The van der Waals surface area contributed by atoms with Gasteiger partial charge in [0.15, 0.2) is 6.10 Å². The molecular weight excluding hydrogens is 767 g/mol. The van der Waals surface area contributed by atoms with Crippen LogP contribution in [0.3, 0.4) is 0 Å². The van der Waals surface area contributed by atoms with E-state index in [0.29, 0.717) is 19.3 Å². The van der Waals surface area contributed by atoms with Crippen molar-refractivity contribution in [2.45, 2.75) is 180 Å². The minimum absolute atomic E-state index is 0.0479. The van der Waals surface area contributed by atoms with E-state index in [1.54, 1.807) is 0 Å². The minimum atomic E-state index is -4.65. The molecule has 1 unspecified atom stereocenters. The van der Waals surface area contributed by atoms with E-state index in [-0.39, 0.29) is 19.4 Å². The Morgan fingerprint density at radius 3 is 1.42 bits per heavy atom. The molecule has 0 radical (unpaired) electrons. The van der Waals surface area contributed by atoms with E-state index in [9.17, 15) is 24.2 Å². The number of hydrogen-bond donors (Lipinski definition) is 3. The van der Waals surface area contributed by atoms with Gasteiger partial charge in [0.25, 0.3) is 0 Å². The monoisotopic (exact) mass is 849 g/mol. The number of unbranched alkanes of at least 4 members (excludes halogenated alkanes) is 13. The van der Waals surface area contributed by atoms with E-state index in [2.05, 4.69) is 85.2 Å². The normalized spacial score (nSPS) is 14.6. The number of carbonyl (C=O) groups is 2. The molecule has 0 saturated heterocycles. The first-order valence-corrected chi connectivity index (χ1v) is 24.0. The van der Waals surface area contributed by atoms with Crippen LogP contribution >= 0.6 is 7.82 Å². The maximum atomic E-state index is 12.6. The second-order valence-electron chi connectivity index (χ2n) is 14.7. The first-order chi connectivity index (χ1) is 28.7. The highest BCUT2D eigenvalue weighted by atomic mass is 31.2. The molecule has 0 aliphatic carbocycles. The molecule has 10 nitrogen and oxygen atoms in total. The van der Waals surface area contributed by atoms with Gasteiger partial charge in [-0.25, -0.2) is 4.57 Å². The van der Waals surface area contributed by atoms with Crippen LogP contribution < -0.4 is 0 Å². The van der Waals surface area contributed by atoms with Gasteiger partial charge in [0.05, 0.1) is 19.8 Å². The number of allylic oxidation sites excluding steroid dienone is 14. The summed E-state index contributed by atoms with van der Waals surface area (Å²) in [5.74, 6) is -1.08. The molecular formula is C48H81O10P. The molecule has 3 N–H and O–H groups in total. The van der Waals surface area contributed by atoms with Gasteiger partial charge in [-0.15, -0.1) is 0 Å². The third-order valence-electron chi connectivity index (χ3n) is 9.04. The number of rotatable bonds is 41. The summed E-state index contributed by atoms with van der Waals surface area (Å²) in [4.78, 5) is 35.0. The molecule has 0 fully saturated rings. The fraction of sp³-hybridized carbons (Fsp3) is 0.667. The van der Waals surface area contributed by atoms with E-state index in [4.69, 9.17) is 19.1 Å². The number of esters is 2. The maximum Gasteiger partial charge on any atom is 0.472 e. The Bertz CT molecular complexity index is 1250. The molecule has 0 aliphatic rings. The second-order valence-corrected chi connectivity index (χ2v) is 16.2. The van der Waals surface area contributed by atoms with Gasteiger partial charge in [-0.2, -0.15) is 0 Å². The average Bonchev–Trinajstić information content (AvgIpc) is 3.22. The lowest BCUT2D eigenvalue weighted by molar-refractivity contribution is -0.161. The Labute approximate surface area is 358 Å². The van der Waals surface area contributed by atoms with E-state index in [0.717, 1.165) is 38.5 Å². The number of aliphatic hydroxyl groups is 2. The van der Waals surface area contributed by atoms with Crippen LogP contribution in [0.2, 0.25) is 0 Å². The van der Waals surface area contributed by atoms with Crippen molar-refractivity contribution in [1.29, 1.82) is 0 Å². The van der Waals surface area contributed by atoms with Crippen molar-refractivity contribution in [3.05, 3.63) is 85.1 Å². The summed E-state index contributed by atoms with van der Waals surface area (Å²) in [6.45, 7) is 2.21. The lowest BCUT2D eigenvalue weighted by atomic mass is 10.1. The maximum absolute atomic E-state index is 12.6. The zero-order chi connectivity index (χ0) is 43.3. The molecule has 3 atom stereocenters. The van der Waals surface area contributed by atoms with Crippen LogP contribution in [0.5, 0.6) is 0 Å². The smallest absolute Gasteiger partial charge is 0.462 e. The van der Waals surface area contributed by atoms with Gasteiger partial charge >= 0.3 is 19.8 Å². The van der Waals surface area contributed by atoms with Crippen molar-refractivity contribution in [2.24, 2.45) is 0 Å². The zero-order valence-electron chi connectivity index (χ0n) is 36.7. The van der Waals surface area contributed by atoms with E-state index in [1.807, 2.05) is 18.2 Å². The highest BCUT2D eigenvalue weighted by Crippen LogP contribution is 2.43. The highest BCUT2D eigenvalue weighted by Gasteiger charge is 2.27. The summed E-state index contributed by atoms with van der Waals surface area (Å²) in [6, 6.07) is 0. The van der Waals surface area contributed by atoms with Crippen molar-refractivity contribution >= 4 is 19.8 Å². The van der Waals surface area contributed by atoms with Gasteiger partial charge in [-0.05, 0) is 77.0 Å². The fourth-order valence-corrected chi connectivity index (χ4v) is 6.33. The predicted molar refractivity (Wildman–Crippen MR) is 242 cm³/mol. The fourth-order valence-electron chi connectivity index (χ4n) is 5.54. The predicted octanol–water partition coefficient (Wildman–Crippen LogP) is 12.2. The lowest BCUT2D eigenvalue weighted by Crippen LogP contribution is -2.29. The molecule has 11 heteroatoms. The van der Waals surface area contributed by atoms with Crippen LogP contribution in [0.4, 0.5) is 0 Å². The Morgan fingerprint density at radius 2 is 0.915 bits per heavy atom. The van der Waals surface area contributed by atoms with E-state index >= 15 is 0 Å². The summed E-state index contributed by atoms with van der Waals surface area (Å²) in [5.41, 5.74) is 0. The molecule has 338 valence electrons. The number of hydrogen-bond acceptors (Lipinski definition) is 9. The molecule has 0 bridgehead atoms. The van der Waals surface area contributed by atoms with Gasteiger partial charge in [-0.3, -0.25) is 18.6 Å². The van der Waals surface area contributed by atoms with Gasteiger partial charge in [0, 0.05) is 12.8 Å². The SMILES string of the molecule is CCCCC/C=C/C/C=C/C/C=C/C/C=C/C/C=C/CCC(=O)O[C@H](COC(=O)CCC/C=C/C/C=C/CCCCCCCCCCC)COP(=O)(O)OC[C@@H](O)CO. The van der Waals surface area contributed by atoms with Crippen LogP contribution in [0.15, 0.2) is 85.1 Å². The largest absolute Gasteiger partial charge is 0.472 e. The van der Waals surface area contributed by atoms with Gasteiger partial charge in [-0.1, -0.05) is 163 Å². The topological polar surface area (TPSA) is 149 Å². The lowest BCUT2D eigenvalue weighted by Gasteiger charge is -2.20. The molecule has 0 amide bonds. The van der Waals surface area contributed by atoms with Crippen molar-refractivity contribution in [2.75, 3.05) is 26.4 Å². The molecule has 0 aromatic heterocycles. The molecule has 0 heterocycles. The average molecular weight is 849 g/mol.